The van der Waals surface area contributed by atoms with Gasteiger partial charge in [-0.15, -0.1) is 11.6 Å². The second-order valence-electron chi connectivity index (χ2n) is 4.06. The standard InChI is InChI=1S/C14H9BrCl3F/c15-14-9(2-1-3-13(14)19)11(17)6-8-4-5-10(16)12(18)7-8/h1-5,7,11H,6H2. The van der Waals surface area contributed by atoms with Crippen molar-refractivity contribution < 1.29 is 4.39 Å². The zero-order chi connectivity index (χ0) is 14.0. The van der Waals surface area contributed by atoms with Crippen molar-refractivity contribution in [2.24, 2.45) is 0 Å². The van der Waals surface area contributed by atoms with Gasteiger partial charge in [-0.25, -0.2) is 4.39 Å². The van der Waals surface area contributed by atoms with E-state index in [2.05, 4.69) is 15.9 Å². The Bertz CT molecular complexity index is 601. The molecule has 0 saturated heterocycles. The summed E-state index contributed by atoms with van der Waals surface area (Å²) in [6, 6.07) is 10.2. The van der Waals surface area contributed by atoms with Crippen molar-refractivity contribution in [1.82, 2.24) is 0 Å². The van der Waals surface area contributed by atoms with E-state index in [4.69, 9.17) is 34.8 Å². The number of benzene rings is 2. The molecule has 0 saturated carbocycles. The average molecular weight is 382 g/mol. The van der Waals surface area contributed by atoms with E-state index in [1.165, 1.54) is 6.07 Å². The Kier molecular flexibility index (Phi) is 5.13. The van der Waals surface area contributed by atoms with Gasteiger partial charge in [0.1, 0.15) is 5.82 Å². The Labute approximate surface area is 134 Å². The maximum absolute atomic E-state index is 13.5. The molecular weight excluding hydrogens is 373 g/mol. The topological polar surface area (TPSA) is 0 Å². The molecule has 0 aliphatic heterocycles. The van der Waals surface area contributed by atoms with E-state index in [0.717, 1.165) is 5.56 Å². The van der Waals surface area contributed by atoms with Crippen molar-refractivity contribution in [3.63, 3.8) is 0 Å². The summed E-state index contributed by atoms with van der Waals surface area (Å²) in [7, 11) is 0. The maximum atomic E-state index is 13.5. The lowest BCUT2D eigenvalue weighted by Gasteiger charge is -2.13. The van der Waals surface area contributed by atoms with Crippen molar-refractivity contribution in [2.75, 3.05) is 0 Å². The summed E-state index contributed by atoms with van der Waals surface area (Å²) in [5, 5.41) is 0.645. The minimum Gasteiger partial charge on any atom is -0.206 e. The largest absolute Gasteiger partial charge is 0.206 e. The van der Waals surface area contributed by atoms with Gasteiger partial charge in [0.2, 0.25) is 0 Å². The predicted molar refractivity (Wildman–Crippen MR) is 82.9 cm³/mol. The molecule has 0 bridgehead atoms. The van der Waals surface area contributed by atoms with Crippen LogP contribution in [0.4, 0.5) is 4.39 Å². The molecule has 0 heterocycles. The van der Waals surface area contributed by atoms with Gasteiger partial charge in [0.05, 0.1) is 19.9 Å². The third kappa shape index (κ3) is 3.63. The van der Waals surface area contributed by atoms with Crippen molar-refractivity contribution in [1.29, 1.82) is 0 Å². The Morgan fingerprint density at radius 1 is 1.11 bits per heavy atom. The van der Waals surface area contributed by atoms with E-state index in [1.54, 1.807) is 24.3 Å². The molecule has 0 nitrogen and oxygen atoms in total. The average Bonchev–Trinajstić information content (AvgIpc) is 2.37. The second kappa shape index (κ2) is 6.45. The monoisotopic (exact) mass is 380 g/mol. The minimum absolute atomic E-state index is 0.322. The van der Waals surface area contributed by atoms with Gasteiger partial charge in [-0.05, 0) is 51.7 Å². The molecule has 2 aromatic rings. The normalized spacial score (nSPS) is 12.5. The molecule has 1 atom stereocenters. The van der Waals surface area contributed by atoms with E-state index in [1.807, 2.05) is 6.07 Å². The van der Waals surface area contributed by atoms with Gasteiger partial charge in [0, 0.05) is 0 Å². The van der Waals surface area contributed by atoms with Gasteiger partial charge in [-0.2, -0.15) is 0 Å². The molecule has 0 fully saturated rings. The highest BCUT2D eigenvalue weighted by Gasteiger charge is 2.15. The van der Waals surface area contributed by atoms with Crippen LogP contribution < -0.4 is 0 Å². The third-order valence-electron chi connectivity index (χ3n) is 2.72. The van der Waals surface area contributed by atoms with Gasteiger partial charge in [0.15, 0.2) is 0 Å². The predicted octanol–water partition coefficient (Wildman–Crippen LogP) is 6.42. The lowest BCUT2D eigenvalue weighted by Crippen LogP contribution is -1.98. The molecular formula is C14H9BrCl3F. The summed E-state index contributed by atoms with van der Waals surface area (Å²) in [5.74, 6) is -0.322. The van der Waals surface area contributed by atoms with Crippen molar-refractivity contribution in [3.05, 3.63) is 67.9 Å². The van der Waals surface area contributed by atoms with Gasteiger partial charge in [-0.1, -0.05) is 41.4 Å². The number of hydrogen-bond acceptors (Lipinski definition) is 0. The van der Waals surface area contributed by atoms with Crippen LogP contribution in [0.1, 0.15) is 16.5 Å². The van der Waals surface area contributed by atoms with Crippen LogP contribution in [0.2, 0.25) is 10.0 Å². The summed E-state index contributed by atoms with van der Waals surface area (Å²) >= 11 is 21.4. The van der Waals surface area contributed by atoms with Crippen LogP contribution >= 0.6 is 50.7 Å². The van der Waals surface area contributed by atoms with Gasteiger partial charge in [0.25, 0.3) is 0 Å². The zero-order valence-electron chi connectivity index (χ0n) is 9.64. The minimum atomic E-state index is -0.345. The Balaban J connectivity index is 2.23. The summed E-state index contributed by atoms with van der Waals surface area (Å²) in [6.07, 6.45) is 0.542. The second-order valence-corrected chi connectivity index (χ2v) is 6.20. The fourth-order valence-electron chi connectivity index (χ4n) is 1.75. The van der Waals surface area contributed by atoms with Gasteiger partial charge in [-0.3, -0.25) is 0 Å². The number of rotatable bonds is 3. The molecule has 0 aromatic heterocycles. The highest BCUT2D eigenvalue weighted by Crippen LogP contribution is 2.33. The fraction of sp³-hybridized carbons (Fsp3) is 0.143. The van der Waals surface area contributed by atoms with Crippen molar-refractivity contribution in [3.8, 4) is 0 Å². The zero-order valence-corrected chi connectivity index (χ0v) is 13.5. The summed E-state index contributed by atoms with van der Waals surface area (Å²) in [4.78, 5) is 0. The quantitative estimate of drug-likeness (QED) is 0.538. The Morgan fingerprint density at radius 2 is 1.84 bits per heavy atom. The van der Waals surface area contributed by atoms with Gasteiger partial charge >= 0.3 is 0 Å². The van der Waals surface area contributed by atoms with Crippen LogP contribution in [0.25, 0.3) is 0 Å². The van der Waals surface area contributed by atoms with E-state index in [-0.39, 0.29) is 11.2 Å². The molecule has 0 aliphatic carbocycles. The molecule has 0 N–H and O–H groups in total. The van der Waals surface area contributed by atoms with E-state index in [0.29, 0.717) is 26.5 Å². The Hall–Kier alpha value is -0.280. The first-order valence-corrected chi connectivity index (χ1v) is 7.49. The molecule has 19 heavy (non-hydrogen) atoms. The highest BCUT2D eigenvalue weighted by atomic mass is 79.9. The molecule has 2 rings (SSSR count). The molecule has 2 aromatic carbocycles. The Morgan fingerprint density at radius 3 is 2.53 bits per heavy atom. The fourth-order valence-corrected chi connectivity index (χ4v) is 3.10. The first-order valence-electron chi connectivity index (χ1n) is 5.51. The van der Waals surface area contributed by atoms with Crippen LogP contribution in [-0.4, -0.2) is 0 Å². The third-order valence-corrected chi connectivity index (χ3v) is 4.68. The first kappa shape index (κ1) is 15.1. The molecule has 0 spiro atoms. The molecule has 100 valence electrons. The SMILES string of the molecule is Fc1cccc(C(Cl)Cc2ccc(Cl)c(Cl)c2)c1Br. The molecule has 1 unspecified atom stereocenters. The maximum Gasteiger partial charge on any atom is 0.137 e. The lowest BCUT2D eigenvalue weighted by molar-refractivity contribution is 0.617. The summed E-state index contributed by atoms with van der Waals surface area (Å²) in [6.45, 7) is 0. The summed E-state index contributed by atoms with van der Waals surface area (Å²) in [5.41, 5.74) is 1.67. The summed E-state index contributed by atoms with van der Waals surface area (Å²) < 4.78 is 13.8. The van der Waals surface area contributed by atoms with Crippen molar-refractivity contribution >= 4 is 50.7 Å². The van der Waals surface area contributed by atoms with Crippen LogP contribution in [0.5, 0.6) is 0 Å². The smallest absolute Gasteiger partial charge is 0.137 e. The van der Waals surface area contributed by atoms with E-state index in [9.17, 15) is 4.39 Å². The lowest BCUT2D eigenvalue weighted by atomic mass is 10.0. The number of hydrogen-bond donors (Lipinski definition) is 0. The van der Waals surface area contributed by atoms with Crippen LogP contribution in [0.15, 0.2) is 40.9 Å². The van der Waals surface area contributed by atoms with Crippen LogP contribution in [0.3, 0.4) is 0 Å². The van der Waals surface area contributed by atoms with Crippen LogP contribution in [-0.2, 0) is 6.42 Å². The molecule has 0 radical (unpaired) electrons. The highest BCUT2D eigenvalue weighted by molar-refractivity contribution is 9.10. The van der Waals surface area contributed by atoms with Gasteiger partial charge < -0.3 is 0 Å². The molecule has 0 aliphatic rings. The number of alkyl halides is 1. The first-order chi connectivity index (χ1) is 8.99. The van der Waals surface area contributed by atoms with E-state index >= 15 is 0 Å². The van der Waals surface area contributed by atoms with E-state index < -0.39 is 0 Å². The molecule has 0 amide bonds. The number of halogens is 5. The molecule has 5 heteroatoms. The van der Waals surface area contributed by atoms with Crippen molar-refractivity contribution in [2.45, 2.75) is 11.8 Å². The van der Waals surface area contributed by atoms with Crippen LogP contribution in [0, 0.1) is 5.82 Å².